The Hall–Kier alpha value is -1.29. The number of amides is 1. The lowest BCUT2D eigenvalue weighted by atomic mass is 9.94. The first-order chi connectivity index (χ1) is 8.25. The van der Waals surface area contributed by atoms with Gasteiger partial charge in [-0.2, -0.15) is 0 Å². The van der Waals surface area contributed by atoms with E-state index in [-0.39, 0.29) is 5.91 Å². The maximum atomic E-state index is 11.3. The Bertz CT molecular complexity index is 472. The van der Waals surface area contributed by atoms with Crippen molar-refractivity contribution < 1.29 is 4.79 Å². The van der Waals surface area contributed by atoms with Crippen LogP contribution in [-0.2, 0) is 10.5 Å². The van der Waals surface area contributed by atoms with Crippen LogP contribution in [0.25, 0.3) is 0 Å². The van der Waals surface area contributed by atoms with Crippen molar-refractivity contribution in [1.82, 2.24) is 9.88 Å². The molecule has 4 heteroatoms. The summed E-state index contributed by atoms with van der Waals surface area (Å²) in [6, 6.07) is 6.39. The fourth-order valence-corrected chi connectivity index (χ4v) is 3.39. The fraction of sp³-hybridized carbons (Fsp3) is 0.385. The van der Waals surface area contributed by atoms with Crippen LogP contribution in [0.5, 0.6) is 0 Å². The van der Waals surface area contributed by atoms with Crippen LogP contribution in [0.3, 0.4) is 0 Å². The van der Waals surface area contributed by atoms with Crippen molar-refractivity contribution in [1.29, 1.82) is 0 Å². The molecule has 0 N–H and O–H groups in total. The van der Waals surface area contributed by atoms with E-state index in [4.69, 9.17) is 0 Å². The molecule has 2 aliphatic heterocycles. The number of hydrogen-bond donors (Lipinski definition) is 0. The van der Waals surface area contributed by atoms with Gasteiger partial charge >= 0.3 is 0 Å². The minimum Gasteiger partial charge on any atom is -0.314 e. The van der Waals surface area contributed by atoms with Crippen molar-refractivity contribution >= 4 is 17.7 Å². The first-order valence-corrected chi connectivity index (χ1v) is 6.80. The molecule has 0 aliphatic carbocycles. The molecule has 1 fully saturated rings. The van der Waals surface area contributed by atoms with E-state index in [1.165, 1.54) is 4.91 Å². The van der Waals surface area contributed by atoms with Gasteiger partial charge in [0.05, 0.1) is 11.7 Å². The first kappa shape index (κ1) is 10.8. The Morgan fingerprint density at radius 2 is 2.41 bits per heavy atom. The van der Waals surface area contributed by atoms with E-state index in [2.05, 4.69) is 11.9 Å². The van der Waals surface area contributed by atoms with Gasteiger partial charge in [0.25, 0.3) is 0 Å². The Balaban J connectivity index is 1.65. The molecule has 0 unspecified atom stereocenters. The Kier molecular flexibility index (Phi) is 2.67. The van der Waals surface area contributed by atoms with Crippen molar-refractivity contribution in [3.05, 3.63) is 41.2 Å². The number of hydrogen-bond acceptors (Lipinski definition) is 3. The fourth-order valence-electron chi connectivity index (χ4n) is 2.29. The highest BCUT2D eigenvalue weighted by molar-refractivity contribution is 8.02. The zero-order valence-electron chi connectivity index (χ0n) is 9.67. The highest BCUT2D eigenvalue weighted by Crippen LogP contribution is 2.42. The average molecular weight is 246 g/mol. The van der Waals surface area contributed by atoms with Crippen LogP contribution in [0, 0.1) is 5.92 Å². The third-order valence-corrected chi connectivity index (χ3v) is 4.68. The van der Waals surface area contributed by atoms with Crippen LogP contribution in [0.4, 0.5) is 0 Å². The summed E-state index contributed by atoms with van der Waals surface area (Å²) in [5, 5.41) is 0. The van der Waals surface area contributed by atoms with Gasteiger partial charge in [-0.25, -0.2) is 0 Å². The predicted molar refractivity (Wildman–Crippen MR) is 68.0 cm³/mol. The molecular formula is C13H14N2OS. The topological polar surface area (TPSA) is 33.2 Å². The molecule has 1 saturated heterocycles. The zero-order valence-corrected chi connectivity index (χ0v) is 10.5. The number of β-lactam (4-membered cyclic amide) rings is 1. The van der Waals surface area contributed by atoms with Crippen LogP contribution in [0.2, 0.25) is 0 Å². The molecule has 88 valence electrons. The number of aromatic nitrogens is 1. The lowest BCUT2D eigenvalue weighted by Gasteiger charge is -2.35. The predicted octanol–water partition coefficient (Wildman–Crippen LogP) is 2.41. The van der Waals surface area contributed by atoms with E-state index in [1.54, 1.807) is 11.8 Å². The lowest BCUT2D eigenvalue weighted by Crippen LogP contribution is -2.48. The number of pyridine rings is 1. The van der Waals surface area contributed by atoms with Gasteiger partial charge in [-0.1, -0.05) is 13.0 Å². The number of carbonyl (C=O) groups excluding carboxylic acids is 1. The van der Waals surface area contributed by atoms with Crippen LogP contribution in [0.15, 0.2) is 35.5 Å². The minimum absolute atomic E-state index is 0.260. The van der Waals surface area contributed by atoms with E-state index in [0.717, 1.165) is 11.4 Å². The molecule has 17 heavy (non-hydrogen) atoms. The first-order valence-electron chi connectivity index (χ1n) is 5.81. The van der Waals surface area contributed by atoms with Crippen molar-refractivity contribution in [2.45, 2.75) is 25.1 Å². The molecular weight excluding hydrogens is 232 g/mol. The third-order valence-electron chi connectivity index (χ3n) is 3.43. The largest absolute Gasteiger partial charge is 0.314 e. The molecule has 0 saturated carbocycles. The lowest BCUT2D eigenvalue weighted by molar-refractivity contribution is -0.141. The summed E-state index contributed by atoms with van der Waals surface area (Å²) >= 11 is 1.80. The highest BCUT2D eigenvalue weighted by Gasteiger charge is 2.44. The van der Waals surface area contributed by atoms with Gasteiger partial charge in [-0.3, -0.25) is 9.78 Å². The van der Waals surface area contributed by atoms with Crippen LogP contribution in [-0.4, -0.2) is 21.8 Å². The van der Waals surface area contributed by atoms with Crippen molar-refractivity contribution in [2.75, 3.05) is 0 Å². The Labute approximate surface area is 105 Å². The molecule has 0 radical (unpaired) electrons. The summed E-state index contributed by atoms with van der Waals surface area (Å²) in [5.41, 5.74) is 1.09. The summed E-state index contributed by atoms with van der Waals surface area (Å²) in [7, 11) is 0. The molecule has 3 heterocycles. The van der Waals surface area contributed by atoms with Crippen molar-refractivity contribution in [2.24, 2.45) is 5.92 Å². The molecule has 0 bridgehead atoms. The maximum Gasteiger partial charge on any atom is 0.228 e. The molecule has 0 aromatic carbocycles. The smallest absolute Gasteiger partial charge is 0.228 e. The van der Waals surface area contributed by atoms with E-state index < -0.39 is 0 Å². The Morgan fingerprint density at radius 3 is 3.06 bits per heavy atom. The van der Waals surface area contributed by atoms with Crippen LogP contribution >= 0.6 is 11.8 Å². The maximum absolute atomic E-state index is 11.3. The second-order valence-corrected chi connectivity index (χ2v) is 5.55. The minimum atomic E-state index is 0.260. The Morgan fingerprint density at radius 1 is 1.53 bits per heavy atom. The number of rotatable bonds is 3. The molecule has 3 rings (SSSR count). The average Bonchev–Trinajstić information content (AvgIpc) is 2.60. The van der Waals surface area contributed by atoms with Gasteiger partial charge in [0.1, 0.15) is 0 Å². The second kappa shape index (κ2) is 4.18. The number of nitrogens with zero attached hydrogens (tertiary/aromatic N) is 2. The SMILES string of the molecule is C[C@H]1C(SCc2ccccn2)=CN2C(=O)C[C@@H]12. The van der Waals surface area contributed by atoms with Gasteiger partial charge < -0.3 is 4.90 Å². The van der Waals surface area contributed by atoms with E-state index >= 15 is 0 Å². The van der Waals surface area contributed by atoms with Gasteiger partial charge in [0, 0.05) is 35.4 Å². The summed E-state index contributed by atoms with van der Waals surface area (Å²) in [6.07, 6.45) is 4.55. The summed E-state index contributed by atoms with van der Waals surface area (Å²) < 4.78 is 0. The van der Waals surface area contributed by atoms with Gasteiger partial charge in [0.2, 0.25) is 5.91 Å². The van der Waals surface area contributed by atoms with E-state index in [1.807, 2.05) is 35.5 Å². The summed E-state index contributed by atoms with van der Waals surface area (Å²) in [6.45, 7) is 2.20. The van der Waals surface area contributed by atoms with Gasteiger partial charge in [-0.05, 0) is 12.1 Å². The summed E-state index contributed by atoms with van der Waals surface area (Å²) in [4.78, 5) is 18.8. The van der Waals surface area contributed by atoms with Gasteiger partial charge in [-0.15, -0.1) is 11.8 Å². The standard InChI is InChI=1S/C13H14N2OS/c1-9-11-6-13(16)15(11)7-12(9)17-8-10-4-2-3-5-14-10/h2-5,7,9,11H,6,8H2,1H3/t9-,11+/m1/s1. The highest BCUT2D eigenvalue weighted by atomic mass is 32.2. The number of thioether (sulfide) groups is 1. The molecule has 1 aromatic heterocycles. The molecule has 1 aromatic rings. The summed E-state index contributed by atoms with van der Waals surface area (Å²) in [5.74, 6) is 1.63. The quantitative estimate of drug-likeness (QED) is 0.768. The normalized spacial score (nSPS) is 26.5. The molecule has 1 amide bonds. The van der Waals surface area contributed by atoms with Crippen LogP contribution in [0.1, 0.15) is 19.0 Å². The molecule has 3 nitrogen and oxygen atoms in total. The second-order valence-electron chi connectivity index (χ2n) is 4.50. The third kappa shape index (κ3) is 1.86. The van der Waals surface area contributed by atoms with Gasteiger partial charge in [0.15, 0.2) is 0 Å². The van der Waals surface area contributed by atoms with E-state index in [9.17, 15) is 4.79 Å². The zero-order chi connectivity index (χ0) is 11.8. The molecule has 0 spiro atoms. The number of fused-ring (bicyclic) bond motifs is 1. The van der Waals surface area contributed by atoms with Crippen molar-refractivity contribution in [3.8, 4) is 0 Å². The monoisotopic (exact) mass is 246 g/mol. The number of carbonyl (C=O) groups is 1. The molecule has 2 aliphatic rings. The van der Waals surface area contributed by atoms with E-state index in [0.29, 0.717) is 18.4 Å². The van der Waals surface area contributed by atoms with Crippen LogP contribution < -0.4 is 0 Å². The van der Waals surface area contributed by atoms with Crippen molar-refractivity contribution in [3.63, 3.8) is 0 Å². The molecule has 2 atom stereocenters.